The summed E-state index contributed by atoms with van der Waals surface area (Å²) >= 11 is 0. The smallest absolute Gasteiger partial charge is 0.264 e. The Morgan fingerprint density at radius 2 is 1.83 bits per heavy atom. The summed E-state index contributed by atoms with van der Waals surface area (Å²) in [5.74, 6) is 1.38. The summed E-state index contributed by atoms with van der Waals surface area (Å²) in [7, 11) is 1.66. The van der Waals surface area contributed by atoms with Crippen molar-refractivity contribution in [1.82, 2.24) is 0 Å². The first kappa shape index (κ1) is 14.4. The zero-order chi connectivity index (χ0) is 16.7. The van der Waals surface area contributed by atoms with Crippen molar-refractivity contribution in [3.63, 3.8) is 0 Å². The van der Waals surface area contributed by atoms with Crippen LogP contribution in [0.2, 0.25) is 0 Å². The van der Waals surface area contributed by atoms with Gasteiger partial charge in [0.1, 0.15) is 5.75 Å². The zero-order valence-electron chi connectivity index (χ0n) is 12.9. The number of anilines is 2. The Labute approximate surface area is 137 Å². The Balaban J connectivity index is 1.58. The molecule has 2 aromatic rings. The Morgan fingerprint density at radius 1 is 1.04 bits per heavy atom. The molecule has 122 valence electrons. The number of benzene rings is 2. The molecule has 24 heavy (non-hydrogen) atoms. The lowest BCUT2D eigenvalue weighted by molar-refractivity contribution is -0.120. The van der Waals surface area contributed by atoms with Crippen LogP contribution in [-0.4, -0.2) is 32.3 Å². The minimum absolute atomic E-state index is 0.00619. The number of nitrogens with one attached hydrogen (secondary N) is 1. The molecule has 0 atom stereocenters. The van der Waals surface area contributed by atoms with Gasteiger partial charge < -0.3 is 24.4 Å². The molecule has 2 aliphatic rings. The molecule has 0 aromatic heterocycles. The van der Waals surface area contributed by atoms with Gasteiger partial charge in [-0.1, -0.05) is 0 Å². The maximum atomic E-state index is 12.5. The lowest BCUT2D eigenvalue weighted by Crippen LogP contribution is -2.35. The number of nitrogens with zero attached hydrogens (tertiary/aromatic N) is 1. The molecule has 0 saturated carbocycles. The normalized spacial score (nSPS) is 14.9. The van der Waals surface area contributed by atoms with Crippen molar-refractivity contribution in [3.05, 3.63) is 42.0 Å². The Bertz CT molecular complexity index is 849. The van der Waals surface area contributed by atoms with E-state index in [0.717, 1.165) is 0 Å². The number of likely N-dealkylation sites (N-methyl/N-ethyl adjacent to an activating group) is 1. The molecule has 1 N–H and O–H groups in total. The van der Waals surface area contributed by atoms with Crippen LogP contribution in [0.4, 0.5) is 11.4 Å². The molecule has 0 spiro atoms. The first-order valence-electron chi connectivity index (χ1n) is 7.36. The van der Waals surface area contributed by atoms with E-state index >= 15 is 0 Å². The molecule has 4 rings (SSSR count). The van der Waals surface area contributed by atoms with E-state index in [0.29, 0.717) is 34.2 Å². The highest BCUT2D eigenvalue weighted by Crippen LogP contribution is 2.35. The second kappa shape index (κ2) is 5.45. The van der Waals surface area contributed by atoms with Crippen LogP contribution in [-0.2, 0) is 4.79 Å². The molecular weight excluding hydrogens is 312 g/mol. The van der Waals surface area contributed by atoms with E-state index in [1.165, 1.54) is 4.90 Å². The van der Waals surface area contributed by atoms with Crippen LogP contribution in [0.15, 0.2) is 36.4 Å². The van der Waals surface area contributed by atoms with Gasteiger partial charge in [-0.05, 0) is 30.3 Å². The van der Waals surface area contributed by atoms with Crippen LogP contribution in [0.3, 0.4) is 0 Å². The first-order chi connectivity index (χ1) is 11.6. The minimum atomic E-state index is -0.289. The second-order valence-corrected chi connectivity index (χ2v) is 5.45. The van der Waals surface area contributed by atoms with Crippen LogP contribution in [0.1, 0.15) is 10.4 Å². The summed E-state index contributed by atoms with van der Waals surface area (Å²) in [5.41, 5.74) is 1.60. The molecule has 2 aromatic carbocycles. The van der Waals surface area contributed by atoms with Crippen LogP contribution in [0.25, 0.3) is 0 Å². The van der Waals surface area contributed by atoms with Crippen molar-refractivity contribution >= 4 is 23.2 Å². The van der Waals surface area contributed by atoms with Gasteiger partial charge in [-0.3, -0.25) is 9.59 Å². The van der Waals surface area contributed by atoms with Crippen molar-refractivity contribution < 1.29 is 23.8 Å². The average molecular weight is 326 g/mol. The van der Waals surface area contributed by atoms with Gasteiger partial charge >= 0.3 is 0 Å². The number of rotatable bonds is 2. The van der Waals surface area contributed by atoms with E-state index in [1.807, 2.05) is 0 Å². The number of carbonyl (C=O) groups excluding carboxylic acids is 2. The molecule has 2 aliphatic heterocycles. The SMILES string of the molecule is CN1C(=O)COc2ccc(C(=O)Nc3ccc4c(c3)OCO4)cc21. The van der Waals surface area contributed by atoms with E-state index in [9.17, 15) is 9.59 Å². The number of hydrogen-bond donors (Lipinski definition) is 1. The monoisotopic (exact) mass is 326 g/mol. The Kier molecular flexibility index (Phi) is 3.26. The standard InChI is InChI=1S/C17H14N2O5/c1-19-12-6-10(2-4-13(12)22-8-16(19)20)17(21)18-11-3-5-14-15(7-11)24-9-23-14/h2-7H,8-9H2,1H3,(H,18,21). The van der Waals surface area contributed by atoms with Gasteiger partial charge in [0.25, 0.3) is 11.8 Å². The van der Waals surface area contributed by atoms with E-state index in [2.05, 4.69) is 5.32 Å². The van der Waals surface area contributed by atoms with Crippen molar-refractivity contribution in [2.24, 2.45) is 0 Å². The van der Waals surface area contributed by atoms with Crippen LogP contribution >= 0.6 is 0 Å². The third-order valence-electron chi connectivity index (χ3n) is 3.94. The average Bonchev–Trinajstić information content (AvgIpc) is 3.05. The highest BCUT2D eigenvalue weighted by atomic mass is 16.7. The number of amides is 2. The summed E-state index contributed by atoms with van der Waals surface area (Å²) in [4.78, 5) is 25.7. The van der Waals surface area contributed by atoms with Gasteiger partial charge in [0, 0.05) is 24.4 Å². The van der Waals surface area contributed by atoms with Gasteiger partial charge in [0.15, 0.2) is 18.1 Å². The van der Waals surface area contributed by atoms with Crippen molar-refractivity contribution in [2.75, 3.05) is 30.7 Å². The summed E-state index contributed by atoms with van der Waals surface area (Å²) in [6.07, 6.45) is 0. The molecule has 0 fully saturated rings. The quantitative estimate of drug-likeness (QED) is 0.914. The highest BCUT2D eigenvalue weighted by molar-refractivity contribution is 6.06. The fraction of sp³-hybridized carbons (Fsp3) is 0.176. The summed E-state index contributed by atoms with van der Waals surface area (Å²) in [5, 5.41) is 2.80. The maximum Gasteiger partial charge on any atom is 0.264 e. The molecule has 0 aliphatic carbocycles. The lowest BCUT2D eigenvalue weighted by atomic mass is 10.1. The second-order valence-electron chi connectivity index (χ2n) is 5.45. The Hall–Kier alpha value is -3.22. The summed E-state index contributed by atoms with van der Waals surface area (Å²) in [6.45, 7) is 0.185. The summed E-state index contributed by atoms with van der Waals surface area (Å²) < 4.78 is 15.9. The molecule has 0 radical (unpaired) electrons. The zero-order valence-corrected chi connectivity index (χ0v) is 12.9. The van der Waals surface area contributed by atoms with Gasteiger partial charge in [-0.2, -0.15) is 0 Å². The third kappa shape index (κ3) is 2.40. The molecule has 2 heterocycles. The topological polar surface area (TPSA) is 77.1 Å². The largest absolute Gasteiger partial charge is 0.482 e. The third-order valence-corrected chi connectivity index (χ3v) is 3.94. The lowest BCUT2D eigenvalue weighted by Gasteiger charge is -2.26. The molecular formula is C17H14N2O5. The van der Waals surface area contributed by atoms with Gasteiger partial charge in [0.2, 0.25) is 6.79 Å². The molecule has 0 unspecified atom stereocenters. The van der Waals surface area contributed by atoms with Gasteiger partial charge in [-0.25, -0.2) is 0 Å². The number of fused-ring (bicyclic) bond motifs is 2. The van der Waals surface area contributed by atoms with Crippen molar-refractivity contribution in [2.45, 2.75) is 0 Å². The van der Waals surface area contributed by atoms with Crippen molar-refractivity contribution in [1.29, 1.82) is 0 Å². The summed E-state index contributed by atoms with van der Waals surface area (Å²) in [6, 6.07) is 10.2. The maximum absolute atomic E-state index is 12.5. The minimum Gasteiger partial charge on any atom is -0.482 e. The predicted molar refractivity (Wildman–Crippen MR) is 85.9 cm³/mol. The highest BCUT2D eigenvalue weighted by Gasteiger charge is 2.23. The number of carbonyl (C=O) groups is 2. The molecule has 0 bridgehead atoms. The van der Waals surface area contributed by atoms with Crippen LogP contribution in [0, 0.1) is 0 Å². The number of hydrogen-bond acceptors (Lipinski definition) is 5. The van der Waals surface area contributed by atoms with Crippen LogP contribution < -0.4 is 24.4 Å². The molecule has 2 amide bonds. The predicted octanol–water partition coefficient (Wildman–Crippen LogP) is 2.02. The molecule has 7 heteroatoms. The van der Waals surface area contributed by atoms with E-state index in [1.54, 1.807) is 43.4 Å². The van der Waals surface area contributed by atoms with Crippen molar-refractivity contribution in [3.8, 4) is 17.2 Å². The van der Waals surface area contributed by atoms with Gasteiger partial charge in [-0.15, -0.1) is 0 Å². The van der Waals surface area contributed by atoms with E-state index < -0.39 is 0 Å². The fourth-order valence-electron chi connectivity index (χ4n) is 2.59. The first-order valence-corrected chi connectivity index (χ1v) is 7.36. The fourth-order valence-corrected chi connectivity index (χ4v) is 2.59. The Morgan fingerprint density at radius 3 is 2.71 bits per heavy atom. The van der Waals surface area contributed by atoms with E-state index in [4.69, 9.17) is 14.2 Å². The van der Waals surface area contributed by atoms with Crippen LogP contribution in [0.5, 0.6) is 17.2 Å². The molecule has 0 saturated heterocycles. The molecule has 7 nitrogen and oxygen atoms in total. The number of ether oxygens (including phenoxy) is 3. The van der Waals surface area contributed by atoms with Gasteiger partial charge in [0.05, 0.1) is 5.69 Å². The van der Waals surface area contributed by atoms with E-state index in [-0.39, 0.29) is 25.2 Å².